The Morgan fingerprint density at radius 3 is 2.33 bits per heavy atom. The average molecular weight is 213 g/mol. The molecule has 0 bridgehead atoms. The van der Waals surface area contributed by atoms with Gasteiger partial charge in [-0.3, -0.25) is 4.79 Å². The van der Waals surface area contributed by atoms with E-state index in [9.17, 15) is 4.79 Å². The van der Waals surface area contributed by atoms with Crippen molar-refractivity contribution in [2.45, 2.75) is 57.4 Å². The minimum absolute atomic E-state index is 0.00412. The van der Waals surface area contributed by atoms with E-state index in [1.54, 1.807) is 0 Å². The number of rotatable bonds is 3. The molecule has 3 nitrogen and oxygen atoms in total. The molecule has 0 amide bonds. The first-order valence-electron chi connectivity index (χ1n) is 6.06. The second-order valence-electron chi connectivity index (χ2n) is 4.55. The highest BCUT2D eigenvalue weighted by Crippen LogP contribution is 2.25. The number of hydrogen-bond donors (Lipinski definition) is 1. The van der Waals surface area contributed by atoms with Crippen LogP contribution in [-0.2, 0) is 9.53 Å². The summed E-state index contributed by atoms with van der Waals surface area (Å²) in [6.07, 6.45) is 9.26. The molecule has 0 radical (unpaired) electrons. The molecule has 1 fully saturated rings. The standard InChI is InChI=1S/C12H23NO2/c1-15-12(14)9-11(13)10-7-5-3-2-4-6-8-10/h10-11H,2-9,13H2,1H3. The lowest BCUT2D eigenvalue weighted by molar-refractivity contribution is -0.141. The van der Waals surface area contributed by atoms with E-state index in [0.717, 1.165) is 0 Å². The maximum Gasteiger partial charge on any atom is 0.307 e. The van der Waals surface area contributed by atoms with Crippen LogP contribution in [-0.4, -0.2) is 19.1 Å². The third kappa shape index (κ3) is 4.65. The molecule has 0 aromatic rings. The largest absolute Gasteiger partial charge is 0.469 e. The molecule has 0 aromatic carbocycles. The zero-order valence-electron chi connectivity index (χ0n) is 9.71. The summed E-state index contributed by atoms with van der Waals surface area (Å²) in [4.78, 5) is 11.1. The molecule has 0 spiro atoms. The summed E-state index contributed by atoms with van der Waals surface area (Å²) < 4.78 is 4.65. The molecule has 15 heavy (non-hydrogen) atoms. The summed E-state index contributed by atoms with van der Waals surface area (Å²) in [5.74, 6) is 0.342. The van der Waals surface area contributed by atoms with Crippen LogP contribution in [0, 0.1) is 5.92 Å². The van der Waals surface area contributed by atoms with Crippen LogP contribution in [0.25, 0.3) is 0 Å². The van der Waals surface area contributed by atoms with Gasteiger partial charge in [-0.25, -0.2) is 0 Å². The molecule has 0 heterocycles. The Labute approximate surface area is 92.4 Å². The zero-order valence-corrected chi connectivity index (χ0v) is 9.71. The minimum Gasteiger partial charge on any atom is -0.469 e. The normalized spacial score (nSPS) is 21.5. The van der Waals surface area contributed by atoms with Crippen LogP contribution >= 0.6 is 0 Å². The zero-order chi connectivity index (χ0) is 11.1. The van der Waals surface area contributed by atoms with Gasteiger partial charge in [-0.15, -0.1) is 0 Å². The predicted octanol–water partition coefficient (Wildman–Crippen LogP) is 2.24. The van der Waals surface area contributed by atoms with E-state index in [1.165, 1.54) is 52.1 Å². The Bertz CT molecular complexity index is 186. The summed E-state index contributed by atoms with van der Waals surface area (Å²) >= 11 is 0. The van der Waals surface area contributed by atoms with Crippen LogP contribution < -0.4 is 5.73 Å². The maximum atomic E-state index is 11.1. The molecule has 1 rings (SSSR count). The van der Waals surface area contributed by atoms with E-state index in [1.807, 2.05) is 0 Å². The second kappa shape index (κ2) is 6.83. The lowest BCUT2D eigenvalue weighted by Gasteiger charge is -2.24. The van der Waals surface area contributed by atoms with Crippen molar-refractivity contribution in [1.29, 1.82) is 0 Å². The Morgan fingerprint density at radius 2 is 1.80 bits per heavy atom. The summed E-state index contributed by atoms with van der Waals surface area (Å²) in [7, 11) is 1.42. The summed E-state index contributed by atoms with van der Waals surface area (Å²) in [6.45, 7) is 0. The van der Waals surface area contributed by atoms with Gasteiger partial charge in [0.2, 0.25) is 0 Å². The summed E-state index contributed by atoms with van der Waals surface area (Å²) in [5.41, 5.74) is 6.04. The van der Waals surface area contributed by atoms with E-state index in [2.05, 4.69) is 4.74 Å². The first kappa shape index (κ1) is 12.5. The molecule has 1 aliphatic rings. The maximum absolute atomic E-state index is 11.1. The molecule has 3 heteroatoms. The van der Waals surface area contributed by atoms with Crippen LogP contribution in [0.5, 0.6) is 0 Å². The SMILES string of the molecule is COC(=O)CC(N)C1CCCCCCC1. The van der Waals surface area contributed by atoms with E-state index >= 15 is 0 Å². The Balaban J connectivity index is 2.34. The average Bonchev–Trinajstić information content (AvgIpc) is 2.16. The van der Waals surface area contributed by atoms with E-state index in [0.29, 0.717) is 12.3 Å². The van der Waals surface area contributed by atoms with Crippen molar-refractivity contribution in [3.63, 3.8) is 0 Å². The van der Waals surface area contributed by atoms with Crippen molar-refractivity contribution in [2.75, 3.05) is 7.11 Å². The quantitative estimate of drug-likeness (QED) is 0.731. The number of carbonyl (C=O) groups excluding carboxylic acids is 1. The van der Waals surface area contributed by atoms with Crippen LogP contribution in [0.15, 0.2) is 0 Å². The first-order valence-corrected chi connectivity index (χ1v) is 6.06. The van der Waals surface area contributed by atoms with Crippen LogP contribution in [0.2, 0.25) is 0 Å². The summed E-state index contributed by atoms with van der Waals surface area (Å²) in [5, 5.41) is 0. The summed E-state index contributed by atoms with van der Waals surface area (Å²) in [6, 6.07) is -0.00412. The molecular formula is C12H23NO2. The Kier molecular flexibility index (Phi) is 5.69. The van der Waals surface area contributed by atoms with Crippen molar-refractivity contribution in [1.82, 2.24) is 0 Å². The van der Waals surface area contributed by atoms with Gasteiger partial charge in [0.25, 0.3) is 0 Å². The van der Waals surface area contributed by atoms with Crippen molar-refractivity contribution in [3.05, 3.63) is 0 Å². The fourth-order valence-electron chi connectivity index (χ4n) is 2.36. The van der Waals surface area contributed by atoms with Crippen LogP contribution in [0.1, 0.15) is 51.4 Å². The second-order valence-corrected chi connectivity index (χ2v) is 4.55. The van der Waals surface area contributed by atoms with Gasteiger partial charge in [-0.2, -0.15) is 0 Å². The minimum atomic E-state index is -0.176. The van der Waals surface area contributed by atoms with Crippen molar-refractivity contribution in [3.8, 4) is 0 Å². The predicted molar refractivity (Wildman–Crippen MR) is 60.4 cm³/mol. The Morgan fingerprint density at radius 1 is 1.27 bits per heavy atom. The molecule has 1 unspecified atom stereocenters. The van der Waals surface area contributed by atoms with Gasteiger partial charge >= 0.3 is 5.97 Å². The molecule has 0 saturated heterocycles. The van der Waals surface area contributed by atoms with Crippen LogP contribution in [0.4, 0.5) is 0 Å². The number of ether oxygens (including phenoxy) is 1. The number of nitrogens with two attached hydrogens (primary N) is 1. The lowest BCUT2D eigenvalue weighted by Crippen LogP contribution is -2.33. The molecule has 0 aliphatic heterocycles. The molecule has 1 saturated carbocycles. The molecule has 1 aliphatic carbocycles. The fourth-order valence-corrected chi connectivity index (χ4v) is 2.36. The number of carbonyl (C=O) groups is 1. The molecule has 2 N–H and O–H groups in total. The molecule has 88 valence electrons. The number of methoxy groups -OCH3 is 1. The molecular weight excluding hydrogens is 190 g/mol. The van der Waals surface area contributed by atoms with Gasteiger partial charge in [0.05, 0.1) is 13.5 Å². The lowest BCUT2D eigenvalue weighted by atomic mass is 9.85. The topological polar surface area (TPSA) is 52.3 Å². The van der Waals surface area contributed by atoms with Crippen molar-refractivity contribution >= 4 is 5.97 Å². The van der Waals surface area contributed by atoms with Gasteiger partial charge in [0, 0.05) is 6.04 Å². The third-order valence-electron chi connectivity index (χ3n) is 3.39. The first-order chi connectivity index (χ1) is 7.24. The number of esters is 1. The van der Waals surface area contributed by atoms with Gasteiger partial charge < -0.3 is 10.5 Å². The van der Waals surface area contributed by atoms with Gasteiger partial charge in [0.1, 0.15) is 0 Å². The smallest absolute Gasteiger partial charge is 0.307 e. The molecule has 0 aromatic heterocycles. The van der Waals surface area contributed by atoms with E-state index in [4.69, 9.17) is 5.73 Å². The monoisotopic (exact) mass is 213 g/mol. The van der Waals surface area contributed by atoms with E-state index in [-0.39, 0.29) is 12.0 Å². The van der Waals surface area contributed by atoms with Gasteiger partial charge in [-0.05, 0) is 18.8 Å². The fraction of sp³-hybridized carbons (Fsp3) is 0.917. The van der Waals surface area contributed by atoms with Crippen LogP contribution in [0.3, 0.4) is 0 Å². The Hall–Kier alpha value is -0.570. The van der Waals surface area contributed by atoms with Crippen molar-refractivity contribution < 1.29 is 9.53 Å². The highest BCUT2D eigenvalue weighted by atomic mass is 16.5. The highest BCUT2D eigenvalue weighted by Gasteiger charge is 2.21. The van der Waals surface area contributed by atoms with Crippen molar-refractivity contribution in [2.24, 2.45) is 11.7 Å². The highest BCUT2D eigenvalue weighted by molar-refractivity contribution is 5.69. The van der Waals surface area contributed by atoms with Gasteiger partial charge in [0.15, 0.2) is 0 Å². The third-order valence-corrected chi connectivity index (χ3v) is 3.39. The molecule has 1 atom stereocenters. The number of hydrogen-bond acceptors (Lipinski definition) is 3. The van der Waals surface area contributed by atoms with E-state index < -0.39 is 0 Å². The van der Waals surface area contributed by atoms with Gasteiger partial charge in [-0.1, -0.05) is 32.1 Å².